The van der Waals surface area contributed by atoms with E-state index in [0.29, 0.717) is 5.88 Å². The molecule has 2 unspecified atom stereocenters. The fourth-order valence-corrected chi connectivity index (χ4v) is 5.12. The van der Waals surface area contributed by atoms with E-state index in [4.69, 9.17) is 4.43 Å². The third-order valence-electron chi connectivity index (χ3n) is 6.33. The van der Waals surface area contributed by atoms with Crippen LogP contribution in [0.4, 0.5) is 0 Å². The number of rotatable bonds is 17. The molecule has 2 heterocycles. The van der Waals surface area contributed by atoms with Gasteiger partial charge in [-0.15, -0.1) is 0 Å². The SMILES string of the molecule is CCCCCCCc1ccc(-c2cncc(O[SiH2]CC(C)CCC(C)CCCC)n2)cn1. The number of hydrogen-bond donors (Lipinski definition) is 0. The standard InChI is InChI=1S/C27H45N3OSi/c1-5-7-9-10-11-13-25-17-16-24(18-29-25)26-19-28-20-27(30-26)31-32-21-23(4)15-14-22(3)12-8-6-2/h16-20,22-23H,5-15,21,32H2,1-4H3. The van der Waals surface area contributed by atoms with Crippen LogP contribution >= 0.6 is 0 Å². The van der Waals surface area contributed by atoms with E-state index in [-0.39, 0.29) is 0 Å². The molecule has 0 N–H and O–H groups in total. The lowest BCUT2D eigenvalue weighted by Crippen LogP contribution is -2.09. The summed E-state index contributed by atoms with van der Waals surface area (Å²) in [5.74, 6) is 2.25. The average Bonchev–Trinajstić information content (AvgIpc) is 2.82. The Morgan fingerprint density at radius 1 is 0.844 bits per heavy atom. The second-order valence-electron chi connectivity index (χ2n) is 9.51. The lowest BCUT2D eigenvalue weighted by molar-refractivity contribution is 0.412. The van der Waals surface area contributed by atoms with E-state index in [0.717, 1.165) is 35.2 Å². The molecule has 0 radical (unpaired) electrons. The van der Waals surface area contributed by atoms with Crippen LogP contribution in [0, 0.1) is 11.8 Å². The van der Waals surface area contributed by atoms with Crippen molar-refractivity contribution in [2.45, 2.75) is 104 Å². The van der Waals surface area contributed by atoms with Crippen LogP contribution in [0.1, 0.15) is 97.6 Å². The minimum absolute atomic E-state index is 0.632. The number of hydrogen-bond acceptors (Lipinski definition) is 4. The fraction of sp³-hybridized carbons (Fsp3) is 0.667. The van der Waals surface area contributed by atoms with Gasteiger partial charge in [-0.2, -0.15) is 0 Å². The van der Waals surface area contributed by atoms with Crippen molar-refractivity contribution in [1.29, 1.82) is 0 Å². The van der Waals surface area contributed by atoms with Crippen molar-refractivity contribution in [3.05, 3.63) is 36.4 Å². The lowest BCUT2D eigenvalue weighted by atomic mass is 9.95. The molecule has 2 rings (SSSR count). The van der Waals surface area contributed by atoms with Crippen molar-refractivity contribution < 1.29 is 4.43 Å². The van der Waals surface area contributed by atoms with Crippen molar-refractivity contribution in [3.8, 4) is 17.1 Å². The Labute approximate surface area is 199 Å². The zero-order chi connectivity index (χ0) is 23.0. The maximum absolute atomic E-state index is 6.06. The van der Waals surface area contributed by atoms with Crippen LogP contribution in [0.3, 0.4) is 0 Å². The highest BCUT2D eigenvalue weighted by molar-refractivity contribution is 6.28. The number of pyridine rings is 1. The molecule has 0 saturated carbocycles. The molecule has 2 aromatic heterocycles. The number of aromatic nitrogens is 3. The molecule has 5 heteroatoms. The van der Waals surface area contributed by atoms with E-state index >= 15 is 0 Å². The number of aryl methyl sites for hydroxylation is 1. The van der Waals surface area contributed by atoms with Crippen LogP contribution in [-0.2, 0) is 6.42 Å². The Hall–Kier alpha value is -1.75. The van der Waals surface area contributed by atoms with Crippen LogP contribution in [0.5, 0.6) is 5.88 Å². The molecule has 0 fully saturated rings. The first-order valence-electron chi connectivity index (χ1n) is 13.0. The average molecular weight is 456 g/mol. The molecular formula is C27H45N3OSi. The molecule has 0 aliphatic carbocycles. The Kier molecular flexibility index (Phi) is 13.2. The quantitative estimate of drug-likeness (QED) is 0.187. The van der Waals surface area contributed by atoms with Gasteiger partial charge in [-0.05, 0) is 42.9 Å². The second-order valence-corrected chi connectivity index (χ2v) is 10.8. The van der Waals surface area contributed by atoms with Crippen LogP contribution in [-0.4, -0.2) is 24.7 Å². The zero-order valence-electron chi connectivity index (χ0n) is 21.0. The van der Waals surface area contributed by atoms with E-state index < -0.39 is 9.76 Å². The summed E-state index contributed by atoms with van der Waals surface area (Å²) in [5.41, 5.74) is 3.01. The lowest BCUT2D eigenvalue weighted by Gasteiger charge is -2.15. The smallest absolute Gasteiger partial charge is 0.221 e. The van der Waals surface area contributed by atoms with Gasteiger partial charge in [0.15, 0.2) is 0 Å². The summed E-state index contributed by atoms with van der Waals surface area (Å²) < 4.78 is 6.06. The zero-order valence-corrected chi connectivity index (χ0v) is 22.4. The third kappa shape index (κ3) is 10.7. The van der Waals surface area contributed by atoms with Crippen LogP contribution < -0.4 is 4.43 Å². The first kappa shape index (κ1) is 26.5. The van der Waals surface area contributed by atoms with Crippen molar-refractivity contribution in [2.75, 3.05) is 0 Å². The Balaban J connectivity index is 1.74. The van der Waals surface area contributed by atoms with Gasteiger partial charge in [0.25, 0.3) is 0 Å². The molecule has 178 valence electrons. The van der Waals surface area contributed by atoms with Gasteiger partial charge in [0.05, 0.1) is 18.1 Å². The van der Waals surface area contributed by atoms with Crippen molar-refractivity contribution >= 4 is 9.76 Å². The maximum Gasteiger partial charge on any atom is 0.221 e. The minimum atomic E-state index is -0.632. The molecule has 0 bridgehead atoms. The van der Waals surface area contributed by atoms with Crippen LogP contribution in [0.25, 0.3) is 11.3 Å². The molecular weight excluding hydrogens is 410 g/mol. The van der Waals surface area contributed by atoms with Gasteiger partial charge in [-0.1, -0.05) is 85.5 Å². The summed E-state index contributed by atoms with van der Waals surface area (Å²) in [4.78, 5) is 13.7. The van der Waals surface area contributed by atoms with Crippen molar-refractivity contribution in [2.24, 2.45) is 11.8 Å². The Morgan fingerprint density at radius 2 is 1.62 bits per heavy atom. The summed E-state index contributed by atoms with van der Waals surface area (Å²) >= 11 is 0. The molecule has 0 aromatic carbocycles. The second kappa shape index (κ2) is 16.0. The van der Waals surface area contributed by atoms with E-state index in [1.54, 1.807) is 12.4 Å². The minimum Gasteiger partial charge on any atom is -0.535 e. The molecule has 32 heavy (non-hydrogen) atoms. The van der Waals surface area contributed by atoms with Crippen LogP contribution in [0.2, 0.25) is 6.04 Å². The summed E-state index contributed by atoms with van der Waals surface area (Å²) in [5, 5.41) is 0. The highest BCUT2D eigenvalue weighted by Crippen LogP contribution is 2.21. The predicted octanol–water partition coefficient (Wildman–Crippen LogP) is 7.18. The highest BCUT2D eigenvalue weighted by Gasteiger charge is 2.09. The van der Waals surface area contributed by atoms with E-state index in [1.807, 2.05) is 6.20 Å². The van der Waals surface area contributed by atoms with Crippen molar-refractivity contribution in [3.63, 3.8) is 0 Å². The van der Waals surface area contributed by atoms with Crippen molar-refractivity contribution in [1.82, 2.24) is 15.0 Å². The summed E-state index contributed by atoms with van der Waals surface area (Å²) in [6.45, 7) is 9.29. The molecule has 0 spiro atoms. The number of nitrogens with zero attached hydrogens (tertiary/aromatic N) is 3. The van der Waals surface area contributed by atoms with Gasteiger partial charge in [0.1, 0.15) is 0 Å². The molecule has 2 atom stereocenters. The van der Waals surface area contributed by atoms with Gasteiger partial charge in [0.2, 0.25) is 15.6 Å². The van der Waals surface area contributed by atoms with E-state index in [2.05, 4.69) is 54.8 Å². The molecule has 0 aliphatic heterocycles. The topological polar surface area (TPSA) is 47.9 Å². The Bertz CT molecular complexity index is 738. The number of unbranched alkanes of at least 4 members (excludes halogenated alkanes) is 5. The third-order valence-corrected chi connectivity index (χ3v) is 8.05. The Morgan fingerprint density at radius 3 is 2.38 bits per heavy atom. The van der Waals surface area contributed by atoms with Gasteiger partial charge in [-0.3, -0.25) is 9.97 Å². The molecule has 0 saturated heterocycles. The predicted molar refractivity (Wildman–Crippen MR) is 139 cm³/mol. The molecule has 0 aliphatic rings. The fourth-order valence-electron chi connectivity index (χ4n) is 3.97. The van der Waals surface area contributed by atoms with Crippen LogP contribution in [0.15, 0.2) is 30.7 Å². The van der Waals surface area contributed by atoms with E-state index in [1.165, 1.54) is 70.3 Å². The summed E-state index contributed by atoms with van der Waals surface area (Å²) in [6, 6.07) is 5.44. The summed E-state index contributed by atoms with van der Waals surface area (Å²) in [7, 11) is -0.632. The maximum atomic E-state index is 6.06. The molecule has 0 amide bonds. The van der Waals surface area contributed by atoms with Gasteiger partial charge in [-0.25, -0.2) is 4.98 Å². The largest absolute Gasteiger partial charge is 0.535 e. The first-order valence-corrected chi connectivity index (χ1v) is 14.6. The molecule has 4 nitrogen and oxygen atoms in total. The highest BCUT2D eigenvalue weighted by atomic mass is 28.2. The monoisotopic (exact) mass is 455 g/mol. The van der Waals surface area contributed by atoms with E-state index in [9.17, 15) is 0 Å². The van der Waals surface area contributed by atoms with Gasteiger partial charge in [0, 0.05) is 17.5 Å². The normalized spacial score (nSPS) is 13.5. The first-order chi connectivity index (χ1) is 15.6. The summed E-state index contributed by atoms with van der Waals surface area (Å²) in [6.07, 6.45) is 19.7. The molecule has 2 aromatic rings. The van der Waals surface area contributed by atoms with Gasteiger partial charge < -0.3 is 4.43 Å². The van der Waals surface area contributed by atoms with Gasteiger partial charge >= 0.3 is 0 Å².